The van der Waals surface area contributed by atoms with Crippen LogP contribution in [0.25, 0.3) is 0 Å². The molecule has 1 aromatic rings. The van der Waals surface area contributed by atoms with E-state index < -0.39 is 0 Å². The molecule has 0 fully saturated rings. The molecule has 0 bridgehead atoms. The summed E-state index contributed by atoms with van der Waals surface area (Å²) in [6.45, 7) is 12.3. The van der Waals surface area contributed by atoms with Crippen molar-refractivity contribution in [3.05, 3.63) is 29.3 Å². The van der Waals surface area contributed by atoms with Crippen molar-refractivity contribution in [2.75, 3.05) is 31.7 Å². The standard InChI is InChI=1S/C16H28N2O/c1-6-17-12-15-11-14(4)7-8-16(15)18(13(2)3)9-10-19-5/h7-8,11,13,17H,6,9-10,12H2,1-5H3. The Labute approximate surface area is 118 Å². The number of benzene rings is 1. The number of hydrogen-bond acceptors (Lipinski definition) is 3. The van der Waals surface area contributed by atoms with Gasteiger partial charge in [-0.2, -0.15) is 0 Å². The third-order valence-corrected chi connectivity index (χ3v) is 3.27. The quantitative estimate of drug-likeness (QED) is 0.781. The topological polar surface area (TPSA) is 24.5 Å². The van der Waals surface area contributed by atoms with Crippen molar-refractivity contribution in [3.8, 4) is 0 Å². The van der Waals surface area contributed by atoms with Crippen molar-refractivity contribution in [1.82, 2.24) is 5.32 Å². The average Bonchev–Trinajstić information content (AvgIpc) is 2.38. The van der Waals surface area contributed by atoms with Crippen LogP contribution in [-0.2, 0) is 11.3 Å². The van der Waals surface area contributed by atoms with Gasteiger partial charge in [0.15, 0.2) is 0 Å². The van der Waals surface area contributed by atoms with E-state index in [-0.39, 0.29) is 0 Å². The Morgan fingerprint density at radius 1 is 1.32 bits per heavy atom. The van der Waals surface area contributed by atoms with Gasteiger partial charge in [0.1, 0.15) is 0 Å². The predicted octanol–water partition coefficient (Wildman–Crippen LogP) is 2.97. The van der Waals surface area contributed by atoms with Gasteiger partial charge in [0.25, 0.3) is 0 Å². The normalized spacial score (nSPS) is 11.1. The van der Waals surface area contributed by atoms with Crippen LogP contribution in [0.3, 0.4) is 0 Å². The van der Waals surface area contributed by atoms with Crippen LogP contribution in [0.5, 0.6) is 0 Å². The van der Waals surface area contributed by atoms with Gasteiger partial charge in [-0.05, 0) is 38.9 Å². The Morgan fingerprint density at radius 3 is 2.63 bits per heavy atom. The highest BCUT2D eigenvalue weighted by Gasteiger charge is 2.14. The van der Waals surface area contributed by atoms with Crippen molar-refractivity contribution >= 4 is 5.69 Å². The molecular weight excluding hydrogens is 236 g/mol. The highest BCUT2D eigenvalue weighted by Crippen LogP contribution is 2.24. The van der Waals surface area contributed by atoms with Crippen molar-refractivity contribution in [2.45, 2.75) is 40.3 Å². The van der Waals surface area contributed by atoms with Gasteiger partial charge >= 0.3 is 0 Å². The molecule has 0 aliphatic carbocycles. The summed E-state index contributed by atoms with van der Waals surface area (Å²) in [4.78, 5) is 2.41. The summed E-state index contributed by atoms with van der Waals surface area (Å²) in [6, 6.07) is 7.17. The number of aryl methyl sites for hydroxylation is 1. The van der Waals surface area contributed by atoms with E-state index in [1.165, 1.54) is 16.8 Å². The highest BCUT2D eigenvalue weighted by atomic mass is 16.5. The minimum absolute atomic E-state index is 0.471. The molecule has 3 nitrogen and oxygen atoms in total. The number of hydrogen-bond donors (Lipinski definition) is 1. The number of ether oxygens (including phenoxy) is 1. The molecule has 0 amide bonds. The van der Waals surface area contributed by atoms with Crippen molar-refractivity contribution in [1.29, 1.82) is 0 Å². The molecule has 1 rings (SSSR count). The van der Waals surface area contributed by atoms with Crippen molar-refractivity contribution < 1.29 is 4.74 Å². The van der Waals surface area contributed by atoms with Crippen LogP contribution in [0.4, 0.5) is 5.69 Å². The third-order valence-electron chi connectivity index (χ3n) is 3.27. The zero-order chi connectivity index (χ0) is 14.3. The van der Waals surface area contributed by atoms with E-state index in [2.05, 4.69) is 56.1 Å². The molecule has 0 aliphatic rings. The van der Waals surface area contributed by atoms with Gasteiger partial charge in [0.2, 0.25) is 0 Å². The maximum atomic E-state index is 5.23. The zero-order valence-electron chi connectivity index (χ0n) is 13.0. The second-order valence-corrected chi connectivity index (χ2v) is 5.19. The summed E-state index contributed by atoms with van der Waals surface area (Å²) < 4.78 is 5.23. The largest absolute Gasteiger partial charge is 0.383 e. The molecule has 0 radical (unpaired) electrons. The molecule has 108 valence electrons. The van der Waals surface area contributed by atoms with Crippen LogP contribution in [-0.4, -0.2) is 32.8 Å². The lowest BCUT2D eigenvalue weighted by Crippen LogP contribution is -2.35. The Hall–Kier alpha value is -1.06. The Balaban J connectivity index is 2.99. The molecule has 0 atom stereocenters. The number of anilines is 1. The Morgan fingerprint density at radius 2 is 2.05 bits per heavy atom. The molecule has 0 saturated heterocycles. The highest BCUT2D eigenvalue weighted by molar-refractivity contribution is 5.55. The Bertz CT molecular complexity index is 377. The van der Waals surface area contributed by atoms with Crippen molar-refractivity contribution in [2.24, 2.45) is 0 Å². The summed E-state index contributed by atoms with van der Waals surface area (Å²) in [5.41, 5.74) is 4.00. The summed E-state index contributed by atoms with van der Waals surface area (Å²) in [5, 5.41) is 3.42. The monoisotopic (exact) mass is 264 g/mol. The number of nitrogens with one attached hydrogen (secondary N) is 1. The molecule has 0 aromatic heterocycles. The summed E-state index contributed by atoms with van der Waals surface area (Å²) in [7, 11) is 1.76. The minimum Gasteiger partial charge on any atom is -0.383 e. The smallest absolute Gasteiger partial charge is 0.0637 e. The van der Waals surface area contributed by atoms with E-state index in [1.807, 2.05) is 0 Å². The average molecular weight is 264 g/mol. The fraction of sp³-hybridized carbons (Fsp3) is 0.625. The number of nitrogens with zero attached hydrogens (tertiary/aromatic N) is 1. The lowest BCUT2D eigenvalue weighted by molar-refractivity contribution is 0.204. The van der Waals surface area contributed by atoms with E-state index in [9.17, 15) is 0 Å². The van der Waals surface area contributed by atoms with Crippen LogP contribution >= 0.6 is 0 Å². The molecule has 0 spiro atoms. The molecule has 3 heteroatoms. The van der Waals surface area contributed by atoms with Crippen LogP contribution in [0.2, 0.25) is 0 Å². The van der Waals surface area contributed by atoms with E-state index >= 15 is 0 Å². The van der Waals surface area contributed by atoms with Gasteiger partial charge in [-0.3, -0.25) is 0 Å². The molecule has 0 heterocycles. The van der Waals surface area contributed by atoms with E-state index in [4.69, 9.17) is 4.74 Å². The predicted molar refractivity (Wildman–Crippen MR) is 82.9 cm³/mol. The van der Waals surface area contributed by atoms with Crippen molar-refractivity contribution in [3.63, 3.8) is 0 Å². The number of rotatable bonds is 8. The molecular formula is C16H28N2O. The first-order valence-corrected chi connectivity index (χ1v) is 7.16. The second-order valence-electron chi connectivity index (χ2n) is 5.19. The first-order chi connectivity index (χ1) is 9.10. The van der Waals surface area contributed by atoms with Gasteiger partial charge in [0, 0.05) is 31.9 Å². The van der Waals surface area contributed by atoms with Gasteiger partial charge in [0.05, 0.1) is 6.61 Å². The fourth-order valence-corrected chi connectivity index (χ4v) is 2.24. The lowest BCUT2D eigenvalue weighted by atomic mass is 10.1. The summed E-state index contributed by atoms with van der Waals surface area (Å²) >= 11 is 0. The molecule has 1 N–H and O–H groups in total. The van der Waals surface area contributed by atoms with Crippen LogP contribution in [0.15, 0.2) is 18.2 Å². The van der Waals surface area contributed by atoms with E-state index in [0.717, 1.165) is 26.2 Å². The molecule has 19 heavy (non-hydrogen) atoms. The maximum absolute atomic E-state index is 5.23. The molecule has 1 aromatic carbocycles. The van der Waals surface area contributed by atoms with E-state index in [1.54, 1.807) is 7.11 Å². The van der Waals surface area contributed by atoms with Crippen LogP contribution < -0.4 is 10.2 Å². The van der Waals surface area contributed by atoms with Gasteiger partial charge in [-0.25, -0.2) is 0 Å². The Kier molecular flexibility index (Phi) is 6.89. The second kappa shape index (κ2) is 8.18. The maximum Gasteiger partial charge on any atom is 0.0637 e. The minimum atomic E-state index is 0.471. The zero-order valence-corrected chi connectivity index (χ0v) is 13.0. The summed E-state index contributed by atoms with van der Waals surface area (Å²) in [6.07, 6.45) is 0. The van der Waals surface area contributed by atoms with Crippen LogP contribution in [0.1, 0.15) is 31.9 Å². The van der Waals surface area contributed by atoms with Gasteiger partial charge in [-0.15, -0.1) is 0 Å². The number of methoxy groups -OCH3 is 1. The molecule has 0 saturated carbocycles. The van der Waals surface area contributed by atoms with Gasteiger partial charge < -0.3 is 15.0 Å². The first kappa shape index (κ1) is 16.0. The summed E-state index contributed by atoms with van der Waals surface area (Å²) in [5.74, 6) is 0. The molecule has 0 aliphatic heterocycles. The fourth-order valence-electron chi connectivity index (χ4n) is 2.24. The third kappa shape index (κ3) is 4.84. The van der Waals surface area contributed by atoms with Gasteiger partial charge in [-0.1, -0.05) is 24.6 Å². The van der Waals surface area contributed by atoms with Crippen LogP contribution in [0, 0.1) is 6.92 Å². The molecule has 0 unspecified atom stereocenters. The lowest BCUT2D eigenvalue weighted by Gasteiger charge is -2.31. The SMILES string of the molecule is CCNCc1cc(C)ccc1N(CCOC)C(C)C. The van der Waals surface area contributed by atoms with E-state index in [0.29, 0.717) is 6.04 Å². The first-order valence-electron chi connectivity index (χ1n) is 7.16.